The van der Waals surface area contributed by atoms with Crippen LogP contribution < -0.4 is 10.1 Å². The monoisotopic (exact) mass is 376 g/mol. The van der Waals surface area contributed by atoms with Gasteiger partial charge in [-0.3, -0.25) is 9.78 Å². The van der Waals surface area contributed by atoms with E-state index in [1.165, 1.54) is 0 Å². The van der Waals surface area contributed by atoms with E-state index >= 15 is 0 Å². The highest BCUT2D eigenvalue weighted by Gasteiger charge is 2.09. The van der Waals surface area contributed by atoms with Crippen LogP contribution >= 0.6 is 15.9 Å². The zero-order chi connectivity index (χ0) is 16.7. The predicted octanol–water partition coefficient (Wildman–Crippen LogP) is 4.20. The number of benzene rings is 1. The molecular weight excluding hydrogens is 356 g/mol. The number of nitrogens with zero attached hydrogens (tertiary/aromatic N) is 1. The van der Waals surface area contributed by atoms with E-state index in [0.29, 0.717) is 24.6 Å². The van der Waals surface area contributed by atoms with Crippen LogP contribution in [-0.4, -0.2) is 17.5 Å². The fourth-order valence-corrected chi connectivity index (χ4v) is 2.44. The number of hydrogen-bond donors (Lipinski definition) is 1. The number of ether oxygens (including phenoxy) is 1. The van der Waals surface area contributed by atoms with E-state index in [1.807, 2.05) is 18.2 Å². The van der Waals surface area contributed by atoms with Gasteiger partial charge in [-0.2, -0.15) is 0 Å². The Morgan fingerprint density at radius 3 is 2.83 bits per heavy atom. The average Bonchev–Trinajstić information content (AvgIpc) is 2.54. The highest BCUT2D eigenvalue weighted by molar-refractivity contribution is 9.10. The Morgan fingerprint density at radius 1 is 1.35 bits per heavy atom. The Kier molecular flexibility index (Phi) is 6.59. The van der Waals surface area contributed by atoms with Gasteiger partial charge >= 0.3 is 0 Å². The van der Waals surface area contributed by atoms with Crippen molar-refractivity contribution in [3.05, 3.63) is 58.3 Å². The molecule has 23 heavy (non-hydrogen) atoms. The minimum absolute atomic E-state index is 0.122. The highest BCUT2D eigenvalue weighted by atomic mass is 79.9. The van der Waals surface area contributed by atoms with E-state index in [1.54, 1.807) is 24.5 Å². The molecule has 2 rings (SSSR count). The highest BCUT2D eigenvalue weighted by Crippen LogP contribution is 2.26. The summed E-state index contributed by atoms with van der Waals surface area (Å²) in [5, 5.41) is 2.88. The third-order valence-corrected chi connectivity index (χ3v) is 3.94. The molecule has 0 aliphatic rings. The Hall–Kier alpha value is -1.88. The van der Waals surface area contributed by atoms with Crippen LogP contribution in [0.1, 0.15) is 36.2 Å². The number of halogens is 1. The molecule has 4 nitrogen and oxygen atoms in total. The molecule has 1 aromatic heterocycles. The number of carbonyl (C=O) groups is 1. The first-order chi connectivity index (χ1) is 11.1. The fourth-order valence-electron chi connectivity index (χ4n) is 1.95. The third-order valence-electron chi connectivity index (χ3n) is 3.32. The molecule has 122 valence electrons. The molecule has 0 aliphatic heterocycles. The van der Waals surface area contributed by atoms with Crippen molar-refractivity contribution in [2.45, 2.75) is 26.8 Å². The number of amides is 1. The molecule has 0 saturated carbocycles. The number of pyridine rings is 1. The van der Waals surface area contributed by atoms with Crippen LogP contribution in [0.15, 0.2) is 47.2 Å². The van der Waals surface area contributed by atoms with Crippen LogP contribution in [0.5, 0.6) is 5.75 Å². The third kappa shape index (κ3) is 5.67. The zero-order valence-corrected chi connectivity index (χ0v) is 15.0. The normalized spacial score (nSPS) is 10.6. The Balaban J connectivity index is 1.92. The van der Waals surface area contributed by atoms with Gasteiger partial charge in [0.25, 0.3) is 5.91 Å². The maximum atomic E-state index is 12.2. The van der Waals surface area contributed by atoms with Crippen molar-refractivity contribution >= 4 is 21.8 Å². The maximum absolute atomic E-state index is 12.2. The van der Waals surface area contributed by atoms with Gasteiger partial charge in [-0.1, -0.05) is 19.9 Å². The van der Waals surface area contributed by atoms with E-state index in [-0.39, 0.29) is 5.91 Å². The van der Waals surface area contributed by atoms with Crippen LogP contribution in [0.25, 0.3) is 0 Å². The number of aromatic nitrogens is 1. The van der Waals surface area contributed by atoms with Crippen molar-refractivity contribution in [1.29, 1.82) is 0 Å². The molecule has 0 bridgehead atoms. The second-order valence-electron chi connectivity index (χ2n) is 5.72. The van der Waals surface area contributed by atoms with E-state index in [9.17, 15) is 4.79 Å². The molecule has 0 spiro atoms. The number of nitrogens with one attached hydrogen (secondary N) is 1. The van der Waals surface area contributed by atoms with Gasteiger partial charge in [-0.05, 0) is 58.1 Å². The topological polar surface area (TPSA) is 51.2 Å². The van der Waals surface area contributed by atoms with Gasteiger partial charge in [-0.25, -0.2) is 0 Å². The second kappa shape index (κ2) is 8.67. The van der Waals surface area contributed by atoms with Gasteiger partial charge in [0, 0.05) is 24.5 Å². The lowest BCUT2D eigenvalue weighted by Gasteiger charge is -2.11. The van der Waals surface area contributed by atoms with E-state index < -0.39 is 0 Å². The van der Waals surface area contributed by atoms with E-state index in [2.05, 4.69) is 40.1 Å². The summed E-state index contributed by atoms with van der Waals surface area (Å²) in [6.45, 7) is 5.45. The van der Waals surface area contributed by atoms with Crippen molar-refractivity contribution in [1.82, 2.24) is 10.3 Å². The van der Waals surface area contributed by atoms with Gasteiger partial charge in [0.1, 0.15) is 5.75 Å². The lowest BCUT2D eigenvalue weighted by atomic mass is 10.1. The van der Waals surface area contributed by atoms with Gasteiger partial charge in [0.15, 0.2) is 0 Å². The Labute approximate surface area is 145 Å². The van der Waals surface area contributed by atoms with Crippen LogP contribution in [0.4, 0.5) is 0 Å². The minimum atomic E-state index is -0.122. The molecule has 0 unspecified atom stereocenters. The molecule has 0 atom stereocenters. The smallest absolute Gasteiger partial charge is 0.251 e. The summed E-state index contributed by atoms with van der Waals surface area (Å²) in [7, 11) is 0. The van der Waals surface area contributed by atoms with Crippen molar-refractivity contribution in [3.8, 4) is 5.75 Å². The molecule has 2 aromatic rings. The molecular formula is C18H21BrN2O2. The molecule has 1 aromatic carbocycles. The molecule has 1 N–H and O–H groups in total. The van der Waals surface area contributed by atoms with Gasteiger partial charge in [-0.15, -0.1) is 0 Å². The van der Waals surface area contributed by atoms with E-state index in [4.69, 9.17) is 4.74 Å². The molecule has 0 fully saturated rings. The second-order valence-corrected chi connectivity index (χ2v) is 6.57. The first-order valence-electron chi connectivity index (χ1n) is 7.65. The number of carbonyl (C=O) groups excluding carboxylic acids is 1. The van der Waals surface area contributed by atoms with Gasteiger partial charge < -0.3 is 10.1 Å². The first kappa shape index (κ1) is 17.5. The predicted molar refractivity (Wildman–Crippen MR) is 94.5 cm³/mol. The fraction of sp³-hybridized carbons (Fsp3) is 0.333. The van der Waals surface area contributed by atoms with Crippen LogP contribution in [0.2, 0.25) is 0 Å². The zero-order valence-electron chi connectivity index (χ0n) is 13.4. The average molecular weight is 377 g/mol. The van der Waals surface area contributed by atoms with E-state index in [0.717, 1.165) is 22.2 Å². The molecule has 0 radical (unpaired) electrons. The van der Waals surface area contributed by atoms with Gasteiger partial charge in [0.05, 0.1) is 11.1 Å². The molecule has 1 amide bonds. The molecule has 0 saturated heterocycles. The van der Waals surface area contributed by atoms with Gasteiger partial charge in [0.2, 0.25) is 0 Å². The van der Waals surface area contributed by atoms with Crippen LogP contribution in [0, 0.1) is 5.92 Å². The lowest BCUT2D eigenvalue weighted by molar-refractivity contribution is 0.0951. The van der Waals surface area contributed by atoms with Crippen molar-refractivity contribution in [3.63, 3.8) is 0 Å². The summed E-state index contributed by atoms with van der Waals surface area (Å²) in [5.41, 5.74) is 1.56. The summed E-state index contributed by atoms with van der Waals surface area (Å²) >= 11 is 3.46. The first-order valence-corrected chi connectivity index (χ1v) is 8.45. The SMILES string of the molecule is CC(C)CCOc1ccc(C(=O)NCc2cccnc2)cc1Br. The molecule has 0 aliphatic carbocycles. The largest absolute Gasteiger partial charge is 0.492 e. The standard InChI is InChI=1S/C18H21BrN2O2/c1-13(2)7-9-23-17-6-5-15(10-16(17)19)18(22)21-12-14-4-3-8-20-11-14/h3-6,8,10-11,13H,7,9,12H2,1-2H3,(H,21,22). The number of hydrogen-bond acceptors (Lipinski definition) is 3. The minimum Gasteiger partial charge on any atom is -0.492 e. The van der Waals surface area contributed by atoms with Crippen LogP contribution in [-0.2, 0) is 6.54 Å². The van der Waals surface area contributed by atoms with Crippen molar-refractivity contribution < 1.29 is 9.53 Å². The lowest BCUT2D eigenvalue weighted by Crippen LogP contribution is -2.22. The molecule has 5 heteroatoms. The van der Waals surface area contributed by atoms with Crippen LogP contribution in [0.3, 0.4) is 0 Å². The Morgan fingerprint density at radius 2 is 2.17 bits per heavy atom. The molecule has 1 heterocycles. The number of rotatable bonds is 7. The van der Waals surface area contributed by atoms with Crippen molar-refractivity contribution in [2.24, 2.45) is 5.92 Å². The van der Waals surface area contributed by atoms with Crippen molar-refractivity contribution in [2.75, 3.05) is 6.61 Å². The Bertz CT molecular complexity index is 645. The summed E-state index contributed by atoms with van der Waals surface area (Å²) in [6, 6.07) is 9.15. The summed E-state index contributed by atoms with van der Waals surface area (Å²) in [5.74, 6) is 1.24. The summed E-state index contributed by atoms with van der Waals surface area (Å²) < 4.78 is 6.51. The summed E-state index contributed by atoms with van der Waals surface area (Å²) in [6.07, 6.45) is 4.45. The summed E-state index contributed by atoms with van der Waals surface area (Å²) in [4.78, 5) is 16.2. The maximum Gasteiger partial charge on any atom is 0.251 e. The quantitative estimate of drug-likeness (QED) is 0.787.